The Hall–Kier alpha value is -0.790. The number of halogens is 1. The fourth-order valence-corrected chi connectivity index (χ4v) is 2.53. The first-order valence-corrected chi connectivity index (χ1v) is 7.54. The van der Waals surface area contributed by atoms with Crippen LogP contribution in [-0.4, -0.2) is 25.7 Å². The smallest absolute Gasteiger partial charge is 0.242 e. The second-order valence-electron chi connectivity index (χ2n) is 4.84. The van der Waals surface area contributed by atoms with Crippen molar-refractivity contribution < 1.29 is 13.2 Å². The van der Waals surface area contributed by atoms with Crippen molar-refractivity contribution in [2.24, 2.45) is 5.41 Å². The first-order valence-electron chi connectivity index (χ1n) is 5.26. The highest BCUT2D eigenvalue weighted by atomic mass is 79.9. The number of hydrogen-bond donors (Lipinski definition) is 1. The largest absolute Gasteiger partial charge is 0.298 e. The summed E-state index contributed by atoms with van der Waals surface area (Å²) in [5.74, 6) is -0.172. The summed E-state index contributed by atoms with van der Waals surface area (Å²) < 4.78 is 26.6. The van der Waals surface area contributed by atoms with Gasteiger partial charge >= 0.3 is 0 Å². The summed E-state index contributed by atoms with van der Waals surface area (Å²) in [4.78, 5) is 15.5. The fourth-order valence-electron chi connectivity index (χ4n) is 1.05. The number of nitrogens with one attached hydrogen (secondary N) is 1. The van der Waals surface area contributed by atoms with E-state index < -0.39 is 15.4 Å². The van der Waals surface area contributed by atoms with E-state index in [9.17, 15) is 13.2 Å². The third-order valence-corrected chi connectivity index (χ3v) is 4.05. The molecule has 5 nitrogen and oxygen atoms in total. The Morgan fingerprint density at radius 2 is 2.00 bits per heavy atom. The Labute approximate surface area is 115 Å². The molecule has 18 heavy (non-hydrogen) atoms. The minimum absolute atomic E-state index is 0.0265. The molecule has 1 rings (SSSR count). The van der Waals surface area contributed by atoms with Gasteiger partial charge in [0.1, 0.15) is 4.90 Å². The number of ketones is 1. The molecule has 0 fully saturated rings. The summed E-state index contributed by atoms with van der Waals surface area (Å²) >= 11 is 3.14. The van der Waals surface area contributed by atoms with Crippen LogP contribution in [0.3, 0.4) is 0 Å². The molecule has 0 radical (unpaired) electrons. The Bertz CT molecular complexity index is 550. The quantitative estimate of drug-likeness (QED) is 0.909. The highest BCUT2D eigenvalue weighted by Gasteiger charge is 2.23. The van der Waals surface area contributed by atoms with Crippen molar-refractivity contribution >= 4 is 31.7 Å². The molecular formula is C11H15BrN2O3S. The standard InChI is InChI=1S/C11H15BrN2O3S/c1-11(2,3)10(15)7-14-18(16,17)9-4-8(12)5-13-6-9/h4-6,14H,7H2,1-3H3. The van der Waals surface area contributed by atoms with Crippen molar-refractivity contribution in [3.63, 3.8) is 0 Å². The zero-order valence-electron chi connectivity index (χ0n) is 10.4. The van der Waals surface area contributed by atoms with Gasteiger partial charge in [0.25, 0.3) is 0 Å². The van der Waals surface area contributed by atoms with Crippen LogP contribution in [0.2, 0.25) is 0 Å². The number of carbonyl (C=O) groups excluding carboxylic acids is 1. The van der Waals surface area contributed by atoms with Gasteiger partial charge in [-0.3, -0.25) is 9.78 Å². The number of aromatic nitrogens is 1. The predicted octanol–water partition coefficient (Wildman–Crippen LogP) is 1.74. The molecule has 0 aliphatic carbocycles. The summed E-state index contributed by atoms with van der Waals surface area (Å²) in [6.07, 6.45) is 2.72. The van der Waals surface area contributed by atoms with Crippen LogP contribution in [-0.2, 0) is 14.8 Å². The molecule has 0 saturated carbocycles. The summed E-state index contributed by atoms with van der Waals surface area (Å²) in [5.41, 5.74) is -0.571. The van der Waals surface area contributed by atoms with Gasteiger partial charge in [-0.1, -0.05) is 20.8 Å². The van der Waals surface area contributed by atoms with Crippen molar-refractivity contribution in [3.05, 3.63) is 22.9 Å². The number of sulfonamides is 1. The highest BCUT2D eigenvalue weighted by molar-refractivity contribution is 9.10. The first-order chi connectivity index (χ1) is 8.13. The monoisotopic (exact) mass is 334 g/mol. The van der Waals surface area contributed by atoms with Crippen LogP contribution in [0.15, 0.2) is 27.8 Å². The highest BCUT2D eigenvalue weighted by Crippen LogP contribution is 2.16. The third-order valence-electron chi connectivity index (χ3n) is 2.25. The maximum atomic E-state index is 11.9. The lowest BCUT2D eigenvalue weighted by Crippen LogP contribution is -2.35. The summed E-state index contributed by atoms with van der Waals surface area (Å²) in [6, 6.07) is 1.43. The molecule has 1 heterocycles. The second kappa shape index (κ2) is 5.46. The molecule has 100 valence electrons. The molecule has 1 aromatic rings. The van der Waals surface area contributed by atoms with Crippen LogP contribution in [0, 0.1) is 5.41 Å². The number of carbonyl (C=O) groups is 1. The molecule has 0 aliphatic heterocycles. The lowest BCUT2D eigenvalue weighted by Gasteiger charge is -2.16. The van der Waals surface area contributed by atoms with E-state index in [0.29, 0.717) is 4.47 Å². The van der Waals surface area contributed by atoms with Crippen LogP contribution in [0.25, 0.3) is 0 Å². The van der Waals surface area contributed by atoms with Crippen molar-refractivity contribution in [2.45, 2.75) is 25.7 Å². The fraction of sp³-hybridized carbons (Fsp3) is 0.455. The summed E-state index contributed by atoms with van der Waals surface area (Å²) in [6.45, 7) is 5.00. The van der Waals surface area contributed by atoms with Gasteiger partial charge in [-0.2, -0.15) is 0 Å². The molecule has 0 spiro atoms. The van der Waals surface area contributed by atoms with Gasteiger partial charge in [-0.25, -0.2) is 13.1 Å². The average molecular weight is 335 g/mol. The first kappa shape index (κ1) is 15.3. The molecule has 0 amide bonds. The van der Waals surface area contributed by atoms with Crippen LogP contribution in [0.4, 0.5) is 0 Å². The maximum absolute atomic E-state index is 11.9. The van der Waals surface area contributed by atoms with Crippen molar-refractivity contribution in [1.29, 1.82) is 0 Å². The Morgan fingerprint density at radius 3 is 2.50 bits per heavy atom. The van der Waals surface area contributed by atoms with Gasteiger partial charge in [0.15, 0.2) is 5.78 Å². The second-order valence-corrected chi connectivity index (χ2v) is 7.52. The summed E-state index contributed by atoms with van der Waals surface area (Å²) in [7, 11) is -3.70. The lowest BCUT2D eigenvalue weighted by molar-refractivity contribution is -0.125. The van der Waals surface area contributed by atoms with E-state index in [1.165, 1.54) is 18.5 Å². The van der Waals surface area contributed by atoms with Crippen LogP contribution < -0.4 is 4.72 Å². The molecular weight excluding hydrogens is 320 g/mol. The zero-order chi connectivity index (χ0) is 14.0. The number of nitrogens with zero attached hydrogens (tertiary/aromatic N) is 1. The van der Waals surface area contributed by atoms with E-state index in [1.807, 2.05) is 0 Å². The molecule has 0 atom stereocenters. The molecule has 1 N–H and O–H groups in total. The molecule has 0 unspecified atom stereocenters. The van der Waals surface area contributed by atoms with Gasteiger partial charge in [-0.15, -0.1) is 0 Å². The zero-order valence-corrected chi connectivity index (χ0v) is 12.8. The minimum Gasteiger partial charge on any atom is -0.298 e. The van der Waals surface area contributed by atoms with Gasteiger partial charge in [0.2, 0.25) is 10.0 Å². The van der Waals surface area contributed by atoms with E-state index in [2.05, 4.69) is 25.6 Å². The maximum Gasteiger partial charge on any atom is 0.242 e. The Kier molecular flexibility index (Phi) is 4.63. The molecule has 0 aromatic carbocycles. The van der Waals surface area contributed by atoms with E-state index in [-0.39, 0.29) is 17.2 Å². The Morgan fingerprint density at radius 1 is 1.39 bits per heavy atom. The topological polar surface area (TPSA) is 76.1 Å². The third kappa shape index (κ3) is 4.15. The lowest BCUT2D eigenvalue weighted by atomic mass is 9.91. The van der Waals surface area contributed by atoms with Gasteiger partial charge in [0.05, 0.1) is 6.54 Å². The molecule has 0 saturated heterocycles. The molecule has 7 heteroatoms. The average Bonchev–Trinajstić information content (AvgIpc) is 2.24. The van der Waals surface area contributed by atoms with Gasteiger partial charge in [0, 0.05) is 22.3 Å². The number of rotatable bonds is 4. The number of Topliss-reactive ketones (excluding diaryl/α,β-unsaturated/α-hetero) is 1. The Balaban J connectivity index is 2.81. The predicted molar refractivity (Wildman–Crippen MR) is 71.6 cm³/mol. The van der Waals surface area contributed by atoms with Crippen molar-refractivity contribution in [2.75, 3.05) is 6.54 Å². The number of pyridine rings is 1. The van der Waals surface area contributed by atoms with Crippen LogP contribution in [0.5, 0.6) is 0 Å². The molecule has 0 aliphatic rings. The van der Waals surface area contributed by atoms with Gasteiger partial charge < -0.3 is 0 Å². The van der Waals surface area contributed by atoms with E-state index in [4.69, 9.17) is 0 Å². The summed E-state index contributed by atoms with van der Waals surface area (Å²) in [5, 5.41) is 0. The number of hydrogen-bond acceptors (Lipinski definition) is 4. The normalized spacial score (nSPS) is 12.4. The molecule has 1 aromatic heterocycles. The van der Waals surface area contributed by atoms with Crippen LogP contribution in [0.1, 0.15) is 20.8 Å². The van der Waals surface area contributed by atoms with E-state index >= 15 is 0 Å². The van der Waals surface area contributed by atoms with Gasteiger partial charge in [-0.05, 0) is 22.0 Å². The van der Waals surface area contributed by atoms with E-state index in [0.717, 1.165) is 0 Å². The van der Waals surface area contributed by atoms with Crippen LogP contribution >= 0.6 is 15.9 Å². The molecule has 0 bridgehead atoms. The minimum atomic E-state index is -3.70. The SMILES string of the molecule is CC(C)(C)C(=O)CNS(=O)(=O)c1cncc(Br)c1. The van der Waals surface area contributed by atoms with Crippen molar-refractivity contribution in [3.8, 4) is 0 Å². The van der Waals surface area contributed by atoms with E-state index in [1.54, 1.807) is 20.8 Å². The van der Waals surface area contributed by atoms with Crippen molar-refractivity contribution in [1.82, 2.24) is 9.71 Å².